The quantitative estimate of drug-likeness (QED) is 0.421. The van der Waals surface area contributed by atoms with Gasteiger partial charge in [0.1, 0.15) is 6.34 Å². The van der Waals surface area contributed by atoms with Crippen LogP contribution in [0.4, 0.5) is 0 Å². The minimum atomic E-state index is 0.764. The Kier molecular flexibility index (Phi) is 1.39. The predicted octanol–water partition coefficient (Wildman–Crippen LogP) is 0.655. The van der Waals surface area contributed by atoms with Gasteiger partial charge in [-0.3, -0.25) is 4.99 Å². The van der Waals surface area contributed by atoms with Crippen LogP contribution < -0.4 is 0 Å². The fourth-order valence-corrected chi connectivity index (χ4v) is 0.365. The summed E-state index contributed by atoms with van der Waals surface area (Å²) >= 11 is 0. The molecule has 0 atom stereocenters. The highest BCUT2D eigenvalue weighted by atomic mass is 14.8. The third-order valence-electron chi connectivity index (χ3n) is 0.667. The molecule has 0 aromatic rings. The standard InChI is InChI=1S/C5H6N2/c1-2-4-7-5-6-3-1/h1-3,5H,4H2. The minimum absolute atomic E-state index is 0.764. The van der Waals surface area contributed by atoms with E-state index in [0.29, 0.717) is 0 Å². The molecule has 0 bridgehead atoms. The summed E-state index contributed by atoms with van der Waals surface area (Å²) in [5, 5.41) is 0. The van der Waals surface area contributed by atoms with Crippen molar-refractivity contribution in [3.05, 3.63) is 12.2 Å². The fraction of sp³-hybridized carbons (Fsp3) is 0.200. The van der Waals surface area contributed by atoms with Gasteiger partial charge in [-0.05, 0) is 6.08 Å². The minimum Gasteiger partial charge on any atom is -0.269 e. The zero-order valence-electron chi connectivity index (χ0n) is 3.91. The van der Waals surface area contributed by atoms with E-state index in [1.807, 2.05) is 12.2 Å². The lowest BCUT2D eigenvalue weighted by atomic mass is 10.5. The summed E-state index contributed by atoms with van der Waals surface area (Å²) in [5.74, 6) is 0. The first kappa shape index (κ1) is 4.24. The molecule has 2 heteroatoms. The molecule has 0 unspecified atom stereocenters. The molecule has 0 saturated carbocycles. The van der Waals surface area contributed by atoms with Gasteiger partial charge in [-0.25, -0.2) is 4.99 Å². The van der Waals surface area contributed by atoms with Gasteiger partial charge in [0.15, 0.2) is 0 Å². The van der Waals surface area contributed by atoms with Gasteiger partial charge in [0.05, 0.1) is 6.54 Å². The van der Waals surface area contributed by atoms with Crippen LogP contribution in [0.3, 0.4) is 0 Å². The maximum Gasteiger partial charge on any atom is 0.110 e. The van der Waals surface area contributed by atoms with E-state index in [-0.39, 0.29) is 0 Å². The average Bonchev–Trinajstić information content (AvgIpc) is 1.90. The van der Waals surface area contributed by atoms with E-state index in [2.05, 4.69) is 9.98 Å². The van der Waals surface area contributed by atoms with E-state index in [0.717, 1.165) is 6.54 Å². The van der Waals surface area contributed by atoms with Crippen LogP contribution in [-0.4, -0.2) is 19.1 Å². The lowest BCUT2D eigenvalue weighted by Gasteiger charge is -1.70. The number of aliphatic imine (C=N–C) groups is 2. The second-order valence-corrected chi connectivity index (χ2v) is 1.21. The molecule has 0 N–H and O–H groups in total. The van der Waals surface area contributed by atoms with Crippen molar-refractivity contribution in [2.75, 3.05) is 6.54 Å². The predicted molar refractivity (Wildman–Crippen MR) is 31.0 cm³/mol. The zero-order chi connectivity index (χ0) is 4.95. The fourth-order valence-electron chi connectivity index (χ4n) is 0.365. The van der Waals surface area contributed by atoms with E-state index in [4.69, 9.17) is 0 Å². The molecule has 0 radical (unpaired) electrons. The first-order chi connectivity index (χ1) is 3.50. The Morgan fingerprint density at radius 3 is 3.43 bits per heavy atom. The Bertz CT molecular complexity index is 108. The van der Waals surface area contributed by atoms with Crippen molar-refractivity contribution < 1.29 is 0 Å². The van der Waals surface area contributed by atoms with Crippen molar-refractivity contribution in [3.63, 3.8) is 0 Å². The molecule has 1 aliphatic heterocycles. The first-order valence-corrected chi connectivity index (χ1v) is 2.17. The third-order valence-corrected chi connectivity index (χ3v) is 0.667. The van der Waals surface area contributed by atoms with Gasteiger partial charge in [-0.2, -0.15) is 0 Å². The van der Waals surface area contributed by atoms with Crippen molar-refractivity contribution in [1.29, 1.82) is 0 Å². The Morgan fingerprint density at radius 1 is 1.43 bits per heavy atom. The topological polar surface area (TPSA) is 24.7 Å². The Balaban J connectivity index is 2.60. The number of rotatable bonds is 0. The second-order valence-electron chi connectivity index (χ2n) is 1.21. The molecule has 0 amide bonds. The first-order valence-electron chi connectivity index (χ1n) is 2.17. The Morgan fingerprint density at radius 2 is 2.43 bits per heavy atom. The van der Waals surface area contributed by atoms with Gasteiger partial charge in [0.2, 0.25) is 0 Å². The summed E-state index contributed by atoms with van der Waals surface area (Å²) in [5.41, 5.74) is 0. The summed E-state index contributed by atoms with van der Waals surface area (Å²) in [7, 11) is 0. The lowest BCUT2D eigenvalue weighted by molar-refractivity contribution is 1.26. The summed E-state index contributed by atoms with van der Waals surface area (Å²) < 4.78 is 0. The number of hydrogen-bond donors (Lipinski definition) is 0. The number of nitrogens with zero attached hydrogens (tertiary/aromatic N) is 2. The van der Waals surface area contributed by atoms with Crippen LogP contribution >= 0.6 is 0 Å². The van der Waals surface area contributed by atoms with Crippen LogP contribution in [0.5, 0.6) is 0 Å². The van der Waals surface area contributed by atoms with Crippen LogP contribution in [0.2, 0.25) is 0 Å². The molecule has 0 fully saturated rings. The van der Waals surface area contributed by atoms with Crippen LogP contribution in [0, 0.1) is 0 Å². The molecule has 7 heavy (non-hydrogen) atoms. The summed E-state index contributed by atoms with van der Waals surface area (Å²) in [6.07, 6.45) is 7.11. The second kappa shape index (κ2) is 2.29. The summed E-state index contributed by atoms with van der Waals surface area (Å²) in [6, 6.07) is 0. The van der Waals surface area contributed by atoms with Gasteiger partial charge in [0, 0.05) is 6.21 Å². The maximum atomic E-state index is 3.86. The molecule has 0 saturated heterocycles. The molecule has 0 aromatic heterocycles. The molecule has 0 aromatic carbocycles. The van der Waals surface area contributed by atoms with E-state index >= 15 is 0 Å². The Labute approximate surface area is 42.3 Å². The normalized spacial score (nSPS) is 17.1. The summed E-state index contributed by atoms with van der Waals surface area (Å²) in [4.78, 5) is 7.63. The smallest absolute Gasteiger partial charge is 0.110 e. The average molecular weight is 94.1 g/mol. The monoisotopic (exact) mass is 94.1 g/mol. The molecule has 0 spiro atoms. The van der Waals surface area contributed by atoms with E-state index in [1.54, 1.807) is 12.6 Å². The van der Waals surface area contributed by atoms with Crippen molar-refractivity contribution in [2.24, 2.45) is 9.98 Å². The van der Waals surface area contributed by atoms with Gasteiger partial charge in [-0.1, -0.05) is 6.08 Å². The van der Waals surface area contributed by atoms with E-state index < -0.39 is 0 Å². The molecule has 1 heterocycles. The van der Waals surface area contributed by atoms with Gasteiger partial charge < -0.3 is 0 Å². The van der Waals surface area contributed by atoms with Crippen LogP contribution in [0.15, 0.2) is 22.1 Å². The third kappa shape index (κ3) is 1.30. The highest BCUT2D eigenvalue weighted by molar-refractivity contribution is 5.80. The molecule has 1 aliphatic rings. The summed E-state index contributed by atoms with van der Waals surface area (Å²) in [6.45, 7) is 0.764. The maximum absolute atomic E-state index is 3.86. The van der Waals surface area contributed by atoms with Crippen molar-refractivity contribution >= 4 is 12.6 Å². The zero-order valence-corrected chi connectivity index (χ0v) is 3.91. The largest absolute Gasteiger partial charge is 0.269 e. The van der Waals surface area contributed by atoms with E-state index in [9.17, 15) is 0 Å². The molecule has 1 rings (SSSR count). The molecule has 2 nitrogen and oxygen atoms in total. The lowest BCUT2D eigenvalue weighted by Crippen LogP contribution is -1.66. The van der Waals surface area contributed by atoms with Crippen LogP contribution in [0.1, 0.15) is 0 Å². The molecule has 0 aliphatic carbocycles. The highest BCUT2D eigenvalue weighted by Gasteiger charge is 1.71. The number of hydrogen-bond acceptors (Lipinski definition) is 2. The van der Waals surface area contributed by atoms with E-state index in [1.165, 1.54) is 0 Å². The molecular weight excluding hydrogens is 88.1 g/mol. The van der Waals surface area contributed by atoms with Crippen LogP contribution in [-0.2, 0) is 0 Å². The van der Waals surface area contributed by atoms with Gasteiger partial charge in [0.25, 0.3) is 0 Å². The van der Waals surface area contributed by atoms with Crippen LogP contribution in [0.25, 0.3) is 0 Å². The molecular formula is C5H6N2. The van der Waals surface area contributed by atoms with Crippen molar-refractivity contribution in [2.45, 2.75) is 0 Å². The van der Waals surface area contributed by atoms with Gasteiger partial charge in [-0.15, -0.1) is 0 Å². The Hall–Kier alpha value is -0.920. The number of allylic oxidation sites excluding steroid dienone is 1. The van der Waals surface area contributed by atoms with Crippen molar-refractivity contribution in [1.82, 2.24) is 0 Å². The van der Waals surface area contributed by atoms with Gasteiger partial charge >= 0.3 is 0 Å². The van der Waals surface area contributed by atoms with Crippen molar-refractivity contribution in [3.8, 4) is 0 Å². The molecule has 36 valence electrons. The highest BCUT2D eigenvalue weighted by Crippen LogP contribution is 1.76. The SMILES string of the molecule is C1=CCN=CN=C1.